The van der Waals surface area contributed by atoms with Crippen LogP contribution >= 0.6 is 0 Å². The molecule has 0 aromatic heterocycles. The van der Waals surface area contributed by atoms with Crippen molar-refractivity contribution in [3.05, 3.63) is 12.4 Å². The SMILES string of the molecule is CCCCCCCCN1C=CN(CCCCCC)C1CCC. The second-order valence-electron chi connectivity index (χ2n) is 6.87. The van der Waals surface area contributed by atoms with Crippen molar-refractivity contribution in [3.63, 3.8) is 0 Å². The number of hydrogen-bond acceptors (Lipinski definition) is 2. The second kappa shape index (κ2) is 12.8. The largest absolute Gasteiger partial charge is 0.356 e. The van der Waals surface area contributed by atoms with Crippen molar-refractivity contribution in [2.75, 3.05) is 13.1 Å². The van der Waals surface area contributed by atoms with E-state index in [1.54, 1.807) is 0 Å². The maximum atomic E-state index is 2.60. The standard InChI is InChI=1S/C20H40N2/c1-4-7-9-11-12-14-17-22-19-18-21(20(22)15-6-3)16-13-10-8-5-2/h18-20H,4-17H2,1-3H3. The number of unbranched alkanes of at least 4 members (excludes halogenated alkanes) is 8. The van der Waals surface area contributed by atoms with Crippen molar-refractivity contribution < 1.29 is 0 Å². The smallest absolute Gasteiger partial charge is 0.101 e. The van der Waals surface area contributed by atoms with E-state index >= 15 is 0 Å². The van der Waals surface area contributed by atoms with Gasteiger partial charge in [0.15, 0.2) is 0 Å². The van der Waals surface area contributed by atoms with Crippen LogP contribution in [-0.2, 0) is 0 Å². The van der Waals surface area contributed by atoms with Gasteiger partial charge in [-0.25, -0.2) is 0 Å². The van der Waals surface area contributed by atoms with Gasteiger partial charge in [0.2, 0.25) is 0 Å². The fourth-order valence-corrected chi connectivity index (χ4v) is 3.39. The summed E-state index contributed by atoms with van der Waals surface area (Å²) in [7, 11) is 0. The van der Waals surface area contributed by atoms with E-state index in [4.69, 9.17) is 0 Å². The number of hydrogen-bond donors (Lipinski definition) is 0. The van der Waals surface area contributed by atoms with Gasteiger partial charge in [0.05, 0.1) is 0 Å². The molecule has 0 aromatic rings. The van der Waals surface area contributed by atoms with Crippen LogP contribution in [0.2, 0.25) is 0 Å². The normalized spacial score (nSPS) is 17.7. The van der Waals surface area contributed by atoms with Gasteiger partial charge in [-0.15, -0.1) is 0 Å². The molecule has 0 amide bonds. The third-order valence-corrected chi connectivity index (χ3v) is 4.80. The first-order valence-electron chi connectivity index (χ1n) is 10.0. The van der Waals surface area contributed by atoms with Crippen LogP contribution in [0, 0.1) is 0 Å². The molecule has 1 atom stereocenters. The molecule has 0 aliphatic carbocycles. The molecule has 2 heteroatoms. The van der Waals surface area contributed by atoms with Gasteiger partial charge in [0, 0.05) is 25.5 Å². The lowest BCUT2D eigenvalue weighted by Crippen LogP contribution is -2.39. The van der Waals surface area contributed by atoms with E-state index in [0.29, 0.717) is 6.17 Å². The first kappa shape index (κ1) is 19.4. The highest BCUT2D eigenvalue weighted by atomic mass is 15.4. The predicted octanol–water partition coefficient (Wildman–Crippen LogP) is 6.14. The molecule has 0 saturated carbocycles. The maximum Gasteiger partial charge on any atom is 0.101 e. The van der Waals surface area contributed by atoms with E-state index in [-0.39, 0.29) is 0 Å². The summed E-state index contributed by atoms with van der Waals surface area (Å²) in [5.74, 6) is 0. The first-order chi connectivity index (χ1) is 10.8. The zero-order valence-corrected chi connectivity index (χ0v) is 15.5. The van der Waals surface area contributed by atoms with Crippen LogP contribution in [0.4, 0.5) is 0 Å². The van der Waals surface area contributed by atoms with Crippen LogP contribution in [0.1, 0.15) is 97.8 Å². The summed E-state index contributed by atoms with van der Waals surface area (Å²) in [6.45, 7) is 9.39. The predicted molar refractivity (Wildman–Crippen MR) is 98.8 cm³/mol. The Morgan fingerprint density at radius 2 is 1.05 bits per heavy atom. The summed E-state index contributed by atoms with van der Waals surface area (Å²) in [5.41, 5.74) is 0. The summed E-state index contributed by atoms with van der Waals surface area (Å²) in [6, 6.07) is 0. The fourth-order valence-electron chi connectivity index (χ4n) is 3.39. The van der Waals surface area contributed by atoms with Crippen LogP contribution in [0.25, 0.3) is 0 Å². The van der Waals surface area contributed by atoms with Crippen molar-refractivity contribution in [1.82, 2.24) is 9.80 Å². The molecule has 0 N–H and O–H groups in total. The van der Waals surface area contributed by atoms with E-state index in [9.17, 15) is 0 Å². The van der Waals surface area contributed by atoms with Crippen LogP contribution < -0.4 is 0 Å². The van der Waals surface area contributed by atoms with E-state index < -0.39 is 0 Å². The van der Waals surface area contributed by atoms with Gasteiger partial charge in [0.25, 0.3) is 0 Å². The van der Waals surface area contributed by atoms with Crippen molar-refractivity contribution in [1.29, 1.82) is 0 Å². The Bertz CT molecular complexity index is 275. The number of rotatable bonds is 14. The summed E-state index contributed by atoms with van der Waals surface area (Å²) >= 11 is 0. The second-order valence-corrected chi connectivity index (χ2v) is 6.87. The van der Waals surface area contributed by atoms with Gasteiger partial charge >= 0.3 is 0 Å². The quantitative estimate of drug-likeness (QED) is 0.355. The highest BCUT2D eigenvalue weighted by Crippen LogP contribution is 2.22. The zero-order chi connectivity index (χ0) is 16.0. The van der Waals surface area contributed by atoms with Gasteiger partial charge in [0.1, 0.15) is 6.17 Å². The molecule has 0 radical (unpaired) electrons. The van der Waals surface area contributed by atoms with E-state index in [0.717, 1.165) is 0 Å². The van der Waals surface area contributed by atoms with Crippen molar-refractivity contribution >= 4 is 0 Å². The molecule has 130 valence electrons. The fraction of sp³-hybridized carbons (Fsp3) is 0.900. The Morgan fingerprint density at radius 1 is 0.591 bits per heavy atom. The molecule has 0 spiro atoms. The van der Waals surface area contributed by atoms with E-state index in [1.165, 1.54) is 90.1 Å². The van der Waals surface area contributed by atoms with Crippen LogP contribution in [0.3, 0.4) is 0 Å². The Labute approximate surface area is 139 Å². The first-order valence-corrected chi connectivity index (χ1v) is 10.0. The molecule has 0 bridgehead atoms. The Balaban J connectivity index is 2.23. The van der Waals surface area contributed by atoms with Gasteiger partial charge in [-0.3, -0.25) is 0 Å². The summed E-state index contributed by atoms with van der Waals surface area (Å²) < 4.78 is 0. The number of nitrogens with zero attached hydrogens (tertiary/aromatic N) is 2. The molecular weight excluding hydrogens is 268 g/mol. The molecular formula is C20H40N2. The Kier molecular flexibility index (Phi) is 11.3. The highest BCUT2D eigenvalue weighted by molar-refractivity contribution is 4.96. The van der Waals surface area contributed by atoms with Gasteiger partial charge < -0.3 is 9.80 Å². The topological polar surface area (TPSA) is 6.48 Å². The minimum atomic E-state index is 0.641. The van der Waals surface area contributed by atoms with Crippen LogP contribution in [0.5, 0.6) is 0 Å². The molecule has 1 unspecified atom stereocenters. The lowest BCUT2D eigenvalue weighted by molar-refractivity contribution is 0.138. The molecule has 2 nitrogen and oxygen atoms in total. The third kappa shape index (κ3) is 7.56. The van der Waals surface area contributed by atoms with Crippen molar-refractivity contribution in [2.24, 2.45) is 0 Å². The summed E-state index contributed by atoms with van der Waals surface area (Å²) in [6.07, 6.45) is 21.7. The highest BCUT2D eigenvalue weighted by Gasteiger charge is 2.24. The molecule has 0 fully saturated rings. The minimum Gasteiger partial charge on any atom is -0.356 e. The Hall–Kier alpha value is -0.660. The third-order valence-electron chi connectivity index (χ3n) is 4.80. The average molecular weight is 309 g/mol. The van der Waals surface area contributed by atoms with Crippen molar-refractivity contribution in [3.8, 4) is 0 Å². The van der Waals surface area contributed by atoms with Gasteiger partial charge in [-0.2, -0.15) is 0 Å². The molecule has 0 aromatic carbocycles. The maximum absolute atomic E-state index is 2.60. The van der Waals surface area contributed by atoms with Crippen molar-refractivity contribution in [2.45, 2.75) is 104 Å². The van der Waals surface area contributed by atoms with Crippen LogP contribution in [-0.4, -0.2) is 29.1 Å². The minimum absolute atomic E-state index is 0.641. The average Bonchev–Trinajstić information content (AvgIpc) is 2.90. The van der Waals surface area contributed by atoms with E-state index in [1.807, 2.05) is 0 Å². The molecule has 22 heavy (non-hydrogen) atoms. The molecule has 1 aliphatic heterocycles. The van der Waals surface area contributed by atoms with Crippen LogP contribution in [0.15, 0.2) is 12.4 Å². The molecule has 1 aliphatic rings. The molecule has 0 saturated heterocycles. The molecule has 1 heterocycles. The Morgan fingerprint density at radius 3 is 1.55 bits per heavy atom. The molecule has 1 rings (SSSR count). The van der Waals surface area contributed by atoms with Gasteiger partial charge in [-0.1, -0.05) is 78.6 Å². The monoisotopic (exact) mass is 308 g/mol. The lowest BCUT2D eigenvalue weighted by Gasteiger charge is -2.33. The summed E-state index contributed by atoms with van der Waals surface area (Å²) in [4.78, 5) is 5.19. The van der Waals surface area contributed by atoms with E-state index in [2.05, 4.69) is 43.0 Å². The zero-order valence-electron chi connectivity index (χ0n) is 15.5. The van der Waals surface area contributed by atoms with Gasteiger partial charge in [-0.05, 0) is 19.3 Å². The summed E-state index contributed by atoms with van der Waals surface area (Å²) in [5, 5.41) is 0. The lowest BCUT2D eigenvalue weighted by atomic mass is 10.1.